The van der Waals surface area contributed by atoms with Crippen LogP contribution < -0.4 is 10.6 Å². The van der Waals surface area contributed by atoms with Gasteiger partial charge in [-0.05, 0) is 5.56 Å². The third-order valence-corrected chi connectivity index (χ3v) is 3.49. The molecular weight excluding hydrogens is 340 g/mol. The number of hydrogen-bond donors (Lipinski definition) is 3. The fourth-order valence-corrected chi connectivity index (χ4v) is 2.28. The zero-order valence-corrected chi connectivity index (χ0v) is 13.7. The molecule has 0 amide bonds. The monoisotopic (exact) mass is 359 g/mol. The molecule has 26 heavy (non-hydrogen) atoms. The Morgan fingerprint density at radius 1 is 1.23 bits per heavy atom. The normalized spacial score (nSPS) is 10.7. The van der Waals surface area contributed by atoms with E-state index in [4.69, 9.17) is 5.41 Å². The highest BCUT2D eigenvalue weighted by atomic mass is 19.3. The van der Waals surface area contributed by atoms with Crippen LogP contribution in [0.2, 0.25) is 0 Å². The highest BCUT2D eigenvalue weighted by Crippen LogP contribution is 2.17. The van der Waals surface area contributed by atoms with Crippen LogP contribution in [-0.2, 0) is 13.1 Å². The molecule has 3 N–H and O–H groups in total. The third kappa shape index (κ3) is 4.59. The highest BCUT2D eigenvalue weighted by molar-refractivity contribution is 5.84. The molecule has 0 fully saturated rings. The number of benzene rings is 1. The van der Waals surface area contributed by atoms with Crippen molar-refractivity contribution in [3.63, 3.8) is 0 Å². The van der Waals surface area contributed by atoms with Gasteiger partial charge in [0.1, 0.15) is 12.4 Å². The van der Waals surface area contributed by atoms with Crippen molar-refractivity contribution >= 4 is 23.7 Å². The predicted molar refractivity (Wildman–Crippen MR) is 97.3 cm³/mol. The first-order chi connectivity index (χ1) is 12.6. The second kappa shape index (κ2) is 8.15. The zero-order valence-electron chi connectivity index (χ0n) is 13.7. The second-order valence-electron chi connectivity index (χ2n) is 5.45. The minimum absolute atomic E-state index is 0. The first-order valence-corrected chi connectivity index (χ1v) is 7.87. The molecule has 7 nitrogen and oxygen atoms in total. The van der Waals surface area contributed by atoms with Gasteiger partial charge in [-0.1, -0.05) is 30.3 Å². The minimum Gasteiger partial charge on any atom is -0.365 e. The fourth-order valence-electron chi connectivity index (χ4n) is 2.28. The molecule has 3 rings (SSSR count). The van der Waals surface area contributed by atoms with Gasteiger partial charge in [0.25, 0.3) is 6.43 Å². The SMILES string of the molecule is N=Cc1cnc(Nc2cnn(CC(F)F)c2)nc1NCc1ccccc1.[HH]. The molecule has 0 unspecified atom stereocenters. The van der Waals surface area contributed by atoms with Gasteiger partial charge in [0.05, 0.1) is 17.4 Å². The van der Waals surface area contributed by atoms with E-state index < -0.39 is 13.0 Å². The first kappa shape index (κ1) is 17.5. The Labute approximate surface area is 150 Å². The van der Waals surface area contributed by atoms with Gasteiger partial charge >= 0.3 is 0 Å². The predicted octanol–water partition coefficient (Wildman–Crippen LogP) is 3.54. The Balaban J connectivity index is 0.00000261. The molecule has 0 aliphatic heterocycles. The van der Waals surface area contributed by atoms with Crippen molar-refractivity contribution < 1.29 is 10.2 Å². The van der Waals surface area contributed by atoms with Gasteiger partial charge in [-0.3, -0.25) is 4.68 Å². The largest absolute Gasteiger partial charge is 0.365 e. The molecule has 0 radical (unpaired) electrons. The lowest BCUT2D eigenvalue weighted by atomic mass is 10.2. The molecular formula is C17H19F2N7. The van der Waals surface area contributed by atoms with Crippen LogP contribution in [0.3, 0.4) is 0 Å². The molecule has 2 aromatic heterocycles. The maximum atomic E-state index is 12.4. The summed E-state index contributed by atoms with van der Waals surface area (Å²) in [5.41, 5.74) is 2.12. The summed E-state index contributed by atoms with van der Waals surface area (Å²) in [5.74, 6) is 0.782. The van der Waals surface area contributed by atoms with Crippen LogP contribution in [0.25, 0.3) is 0 Å². The minimum atomic E-state index is -2.47. The average molecular weight is 359 g/mol. The van der Waals surface area contributed by atoms with E-state index in [1.807, 2.05) is 30.3 Å². The van der Waals surface area contributed by atoms with Crippen molar-refractivity contribution in [3.05, 3.63) is 60.0 Å². The van der Waals surface area contributed by atoms with E-state index in [2.05, 4.69) is 25.7 Å². The van der Waals surface area contributed by atoms with E-state index in [0.29, 0.717) is 23.6 Å². The zero-order chi connectivity index (χ0) is 18.4. The lowest BCUT2D eigenvalue weighted by molar-refractivity contribution is 0.122. The molecule has 0 aliphatic rings. The summed E-state index contributed by atoms with van der Waals surface area (Å²) in [4.78, 5) is 8.49. The molecule has 0 saturated heterocycles. The van der Waals surface area contributed by atoms with Crippen molar-refractivity contribution in [2.45, 2.75) is 19.5 Å². The standard InChI is InChI=1S/C17H17F2N7.H2/c18-15(19)11-26-10-14(9-23-26)24-17-22-8-13(6-20)16(25-17)21-7-12-4-2-1-3-5-12;/h1-6,8-10,15,20H,7,11H2,(H2,21,22,24,25);1H. The van der Waals surface area contributed by atoms with Gasteiger partial charge in [-0.15, -0.1) is 0 Å². The quantitative estimate of drug-likeness (QED) is 0.535. The van der Waals surface area contributed by atoms with Gasteiger partial charge < -0.3 is 16.0 Å². The van der Waals surface area contributed by atoms with E-state index in [9.17, 15) is 8.78 Å². The van der Waals surface area contributed by atoms with Gasteiger partial charge in [-0.25, -0.2) is 13.8 Å². The van der Waals surface area contributed by atoms with Crippen molar-refractivity contribution in [1.82, 2.24) is 19.7 Å². The van der Waals surface area contributed by atoms with Crippen molar-refractivity contribution in [2.75, 3.05) is 10.6 Å². The highest BCUT2D eigenvalue weighted by Gasteiger charge is 2.09. The van der Waals surface area contributed by atoms with Gasteiger partial charge in [0, 0.05) is 26.6 Å². The molecule has 0 bridgehead atoms. The molecule has 0 aliphatic carbocycles. The Morgan fingerprint density at radius 3 is 2.77 bits per heavy atom. The van der Waals surface area contributed by atoms with E-state index in [-0.39, 0.29) is 7.37 Å². The molecule has 9 heteroatoms. The maximum absolute atomic E-state index is 12.4. The van der Waals surface area contributed by atoms with E-state index >= 15 is 0 Å². The lowest BCUT2D eigenvalue weighted by Gasteiger charge is -2.10. The Bertz CT molecular complexity index is 871. The van der Waals surface area contributed by atoms with Crippen LogP contribution in [0.5, 0.6) is 0 Å². The summed E-state index contributed by atoms with van der Waals surface area (Å²) in [6, 6.07) is 9.79. The number of aromatic nitrogens is 4. The summed E-state index contributed by atoms with van der Waals surface area (Å²) in [6.45, 7) is 0.0730. The molecule has 0 atom stereocenters. The van der Waals surface area contributed by atoms with Crippen LogP contribution in [0, 0.1) is 5.41 Å². The topological polar surface area (TPSA) is 91.5 Å². The number of halogens is 2. The number of anilines is 3. The molecule has 2 heterocycles. The lowest BCUT2D eigenvalue weighted by Crippen LogP contribution is -2.08. The second-order valence-corrected chi connectivity index (χ2v) is 5.45. The van der Waals surface area contributed by atoms with E-state index in [1.54, 1.807) is 0 Å². The van der Waals surface area contributed by atoms with Gasteiger partial charge in [0.15, 0.2) is 0 Å². The Morgan fingerprint density at radius 2 is 2.04 bits per heavy atom. The fraction of sp³-hybridized carbons (Fsp3) is 0.176. The third-order valence-electron chi connectivity index (χ3n) is 3.49. The Kier molecular flexibility index (Phi) is 5.47. The van der Waals surface area contributed by atoms with Crippen molar-refractivity contribution in [3.8, 4) is 0 Å². The number of nitrogens with one attached hydrogen (secondary N) is 3. The van der Waals surface area contributed by atoms with Crippen LogP contribution >= 0.6 is 0 Å². The van der Waals surface area contributed by atoms with Gasteiger partial charge in [-0.2, -0.15) is 10.1 Å². The smallest absolute Gasteiger partial charge is 0.257 e. The van der Waals surface area contributed by atoms with Crippen molar-refractivity contribution in [1.29, 1.82) is 5.41 Å². The van der Waals surface area contributed by atoms with Crippen molar-refractivity contribution in [2.24, 2.45) is 0 Å². The summed E-state index contributed by atoms with van der Waals surface area (Å²) < 4.78 is 25.9. The van der Waals surface area contributed by atoms with E-state index in [1.165, 1.54) is 18.6 Å². The summed E-state index contributed by atoms with van der Waals surface area (Å²) in [5, 5.41) is 17.4. The number of hydrogen-bond acceptors (Lipinski definition) is 6. The molecule has 1 aromatic carbocycles. The van der Waals surface area contributed by atoms with Crippen LogP contribution in [-0.4, -0.2) is 32.4 Å². The van der Waals surface area contributed by atoms with Crippen LogP contribution in [0.15, 0.2) is 48.9 Å². The summed E-state index contributed by atoms with van der Waals surface area (Å²) >= 11 is 0. The molecule has 0 saturated carbocycles. The van der Waals surface area contributed by atoms with Gasteiger partial charge in [0.2, 0.25) is 5.95 Å². The molecule has 136 valence electrons. The number of rotatable bonds is 8. The van der Waals surface area contributed by atoms with Crippen LogP contribution in [0.4, 0.5) is 26.2 Å². The van der Waals surface area contributed by atoms with Crippen LogP contribution in [0.1, 0.15) is 12.6 Å². The maximum Gasteiger partial charge on any atom is 0.257 e. The summed E-state index contributed by atoms with van der Waals surface area (Å²) in [7, 11) is 0. The number of alkyl halides is 2. The van der Waals surface area contributed by atoms with E-state index in [0.717, 1.165) is 16.5 Å². The molecule has 3 aromatic rings. The Hall–Kier alpha value is -3.36. The molecule has 0 spiro atoms. The summed E-state index contributed by atoms with van der Waals surface area (Å²) in [6.07, 6.45) is 3.08. The average Bonchev–Trinajstić information content (AvgIpc) is 3.07. The number of nitrogens with zero attached hydrogens (tertiary/aromatic N) is 4. The first-order valence-electron chi connectivity index (χ1n) is 7.87.